The highest BCUT2D eigenvalue weighted by atomic mass is 19.3. The summed E-state index contributed by atoms with van der Waals surface area (Å²) >= 11 is 0. The fourth-order valence-electron chi connectivity index (χ4n) is 2.10. The number of halogens is 2. The Morgan fingerprint density at radius 1 is 1.32 bits per heavy atom. The van der Waals surface area contributed by atoms with Crippen LogP contribution >= 0.6 is 0 Å². The molecule has 7 heteroatoms. The summed E-state index contributed by atoms with van der Waals surface area (Å²) in [6.45, 7) is -0.0546. The van der Waals surface area contributed by atoms with E-state index in [1.54, 1.807) is 6.07 Å². The van der Waals surface area contributed by atoms with Crippen molar-refractivity contribution >= 4 is 11.6 Å². The van der Waals surface area contributed by atoms with Crippen molar-refractivity contribution in [1.29, 1.82) is 0 Å². The van der Waals surface area contributed by atoms with Crippen molar-refractivity contribution in [3.8, 4) is 0 Å². The summed E-state index contributed by atoms with van der Waals surface area (Å²) in [6, 6.07) is 5.84. The van der Waals surface area contributed by atoms with E-state index in [2.05, 4.69) is 17.4 Å². The minimum Gasteiger partial charge on any atom is -0.300 e. The molecule has 0 aliphatic carbocycles. The van der Waals surface area contributed by atoms with Crippen molar-refractivity contribution in [2.75, 3.05) is 4.90 Å². The lowest BCUT2D eigenvalue weighted by atomic mass is 10.1. The molecule has 1 aliphatic rings. The number of fused-ring (bicyclic) bond motifs is 1. The van der Waals surface area contributed by atoms with Crippen molar-refractivity contribution in [3.05, 3.63) is 48.8 Å². The van der Waals surface area contributed by atoms with E-state index in [-0.39, 0.29) is 17.8 Å². The summed E-state index contributed by atoms with van der Waals surface area (Å²) < 4.78 is 28.9. The van der Waals surface area contributed by atoms with E-state index in [9.17, 15) is 13.6 Å². The molecule has 5 nitrogen and oxygen atoms in total. The third-order valence-corrected chi connectivity index (χ3v) is 2.95. The lowest BCUT2D eigenvalue weighted by Crippen LogP contribution is -2.34. The molecule has 97 valence electrons. The van der Waals surface area contributed by atoms with Gasteiger partial charge in [0.15, 0.2) is 0 Å². The van der Waals surface area contributed by atoms with E-state index < -0.39 is 11.8 Å². The zero-order valence-corrected chi connectivity index (χ0v) is 9.75. The van der Waals surface area contributed by atoms with Crippen LogP contribution in [0.1, 0.15) is 11.3 Å². The molecule has 1 aromatic carbocycles. The van der Waals surface area contributed by atoms with Gasteiger partial charge in [-0.15, -0.1) is 5.10 Å². The van der Waals surface area contributed by atoms with Crippen LogP contribution in [-0.4, -0.2) is 20.9 Å². The van der Waals surface area contributed by atoms with E-state index >= 15 is 0 Å². The van der Waals surface area contributed by atoms with Crippen LogP contribution in [0, 0.1) is 7.05 Å². The van der Waals surface area contributed by atoms with Crippen molar-refractivity contribution in [3.63, 3.8) is 0 Å². The highest BCUT2D eigenvalue weighted by molar-refractivity contribution is 6.05. The summed E-state index contributed by atoms with van der Waals surface area (Å²) in [5.74, 6) is -4.73. The lowest BCUT2D eigenvalue weighted by molar-refractivity contribution is -0.141. The van der Waals surface area contributed by atoms with Crippen LogP contribution in [0.3, 0.4) is 0 Å². The monoisotopic (exact) mass is 263 g/mol. The van der Waals surface area contributed by atoms with Crippen molar-refractivity contribution in [1.82, 2.24) is 15.0 Å². The predicted octanol–water partition coefficient (Wildman–Crippen LogP) is 1.56. The lowest BCUT2D eigenvalue weighted by Gasteiger charge is -2.15. The minimum atomic E-state index is -3.49. The third-order valence-electron chi connectivity index (χ3n) is 2.95. The van der Waals surface area contributed by atoms with Gasteiger partial charge in [0, 0.05) is 0 Å². The second kappa shape index (κ2) is 3.84. The number of rotatable bonds is 2. The molecule has 0 saturated heterocycles. The normalized spacial score (nSPS) is 16.8. The molecule has 0 unspecified atom stereocenters. The van der Waals surface area contributed by atoms with Gasteiger partial charge in [0.1, 0.15) is 5.69 Å². The standard InChI is InChI=1S/C12H9F2N4O/c1-17-6-8(15-16-17)7-18-10-5-3-2-4-9(10)12(13,14)11(18)19/h2-6H,1,7H2. The number of anilines is 1. The minimum absolute atomic E-state index is 0.0546. The zero-order chi connectivity index (χ0) is 13.6. The van der Waals surface area contributed by atoms with Gasteiger partial charge >= 0.3 is 11.8 Å². The molecule has 0 saturated carbocycles. The maximum Gasteiger partial charge on any atom is 0.352 e. The molecular weight excluding hydrogens is 254 g/mol. The van der Waals surface area contributed by atoms with Gasteiger partial charge in [-0.1, -0.05) is 23.4 Å². The second-order valence-corrected chi connectivity index (χ2v) is 4.23. The van der Waals surface area contributed by atoms with E-state index in [1.807, 2.05) is 0 Å². The van der Waals surface area contributed by atoms with Crippen LogP contribution in [0.4, 0.5) is 14.5 Å². The number of hydrogen-bond donors (Lipinski definition) is 0. The zero-order valence-electron chi connectivity index (χ0n) is 9.75. The van der Waals surface area contributed by atoms with Gasteiger partial charge in [0.05, 0.1) is 31.0 Å². The maximum absolute atomic E-state index is 13.8. The first-order valence-corrected chi connectivity index (χ1v) is 5.51. The number of amides is 1. The SMILES string of the molecule is [CH2]n1cc(CN2C(=O)C(F)(F)c3ccccc32)nn1. The molecule has 3 rings (SSSR count). The van der Waals surface area contributed by atoms with Gasteiger partial charge in [-0.3, -0.25) is 9.48 Å². The van der Waals surface area contributed by atoms with Crippen LogP contribution in [0.5, 0.6) is 0 Å². The molecule has 1 aromatic heterocycles. The number of hydrogen-bond acceptors (Lipinski definition) is 3. The Balaban J connectivity index is 2.01. The topological polar surface area (TPSA) is 51.0 Å². The first-order chi connectivity index (χ1) is 9.00. The number of carbonyl (C=O) groups is 1. The van der Waals surface area contributed by atoms with Crippen LogP contribution in [0.2, 0.25) is 0 Å². The van der Waals surface area contributed by atoms with E-state index in [1.165, 1.54) is 29.1 Å². The van der Waals surface area contributed by atoms with Gasteiger partial charge in [-0.2, -0.15) is 8.78 Å². The molecule has 1 radical (unpaired) electrons. The van der Waals surface area contributed by atoms with Gasteiger partial charge in [-0.25, -0.2) is 0 Å². The Hall–Kier alpha value is -2.31. The molecule has 2 aromatic rings. The molecule has 2 heterocycles. The van der Waals surface area contributed by atoms with E-state index in [0.29, 0.717) is 5.69 Å². The molecule has 19 heavy (non-hydrogen) atoms. The molecule has 0 atom stereocenters. The Labute approximate surface area is 107 Å². The Morgan fingerprint density at radius 2 is 2.05 bits per heavy atom. The third kappa shape index (κ3) is 1.69. The highest BCUT2D eigenvalue weighted by Crippen LogP contribution is 2.44. The average molecular weight is 263 g/mol. The van der Waals surface area contributed by atoms with Gasteiger partial charge < -0.3 is 4.90 Å². The molecular formula is C12H9F2N4O. The summed E-state index contributed by atoms with van der Waals surface area (Å²) in [4.78, 5) is 12.8. The number of para-hydroxylation sites is 1. The highest BCUT2D eigenvalue weighted by Gasteiger charge is 2.52. The smallest absolute Gasteiger partial charge is 0.300 e. The van der Waals surface area contributed by atoms with Crippen molar-refractivity contribution < 1.29 is 13.6 Å². The first-order valence-electron chi connectivity index (χ1n) is 5.51. The van der Waals surface area contributed by atoms with Crippen LogP contribution in [0.25, 0.3) is 0 Å². The van der Waals surface area contributed by atoms with Gasteiger partial charge in [0.2, 0.25) is 0 Å². The predicted molar refractivity (Wildman–Crippen MR) is 62.3 cm³/mol. The first kappa shape index (κ1) is 11.8. The van der Waals surface area contributed by atoms with Crippen LogP contribution in [0.15, 0.2) is 30.5 Å². The summed E-state index contributed by atoms with van der Waals surface area (Å²) in [6.07, 6.45) is 1.48. The summed E-state index contributed by atoms with van der Waals surface area (Å²) in [7, 11) is 3.50. The number of aromatic nitrogens is 3. The van der Waals surface area contributed by atoms with E-state index in [4.69, 9.17) is 0 Å². The van der Waals surface area contributed by atoms with Crippen molar-refractivity contribution in [2.24, 2.45) is 0 Å². The Kier molecular flexibility index (Phi) is 2.38. The number of nitrogens with zero attached hydrogens (tertiary/aromatic N) is 4. The molecule has 1 aliphatic heterocycles. The fourth-order valence-corrected chi connectivity index (χ4v) is 2.10. The maximum atomic E-state index is 13.8. The number of benzene rings is 1. The Morgan fingerprint density at radius 3 is 2.74 bits per heavy atom. The van der Waals surface area contributed by atoms with E-state index in [0.717, 1.165) is 4.90 Å². The van der Waals surface area contributed by atoms with Crippen molar-refractivity contribution in [2.45, 2.75) is 12.5 Å². The quantitative estimate of drug-likeness (QED) is 0.826. The molecule has 0 N–H and O–H groups in total. The number of alkyl halides is 2. The molecule has 0 fully saturated rings. The molecule has 0 bridgehead atoms. The fraction of sp³-hybridized carbons (Fsp3) is 0.167. The number of carbonyl (C=O) groups excluding carboxylic acids is 1. The average Bonchev–Trinajstić information content (AvgIpc) is 2.87. The summed E-state index contributed by atoms with van der Waals surface area (Å²) in [5.41, 5.74) is 0.328. The van der Waals surface area contributed by atoms with Crippen LogP contribution < -0.4 is 4.90 Å². The molecule has 1 amide bonds. The largest absolute Gasteiger partial charge is 0.352 e. The summed E-state index contributed by atoms with van der Waals surface area (Å²) in [5, 5.41) is 7.35. The second-order valence-electron chi connectivity index (χ2n) is 4.23. The van der Waals surface area contributed by atoms with Gasteiger partial charge in [0.25, 0.3) is 0 Å². The van der Waals surface area contributed by atoms with Gasteiger partial charge in [-0.05, 0) is 6.07 Å². The van der Waals surface area contributed by atoms with Crippen LogP contribution in [-0.2, 0) is 17.3 Å². The Bertz CT molecular complexity index is 653. The molecule has 0 spiro atoms.